The van der Waals surface area contributed by atoms with E-state index in [4.69, 9.17) is 0 Å². The number of benzene rings is 1. The van der Waals surface area contributed by atoms with E-state index in [0.29, 0.717) is 6.54 Å². The molecule has 0 saturated heterocycles. The van der Waals surface area contributed by atoms with Crippen molar-refractivity contribution >= 4 is 33.1 Å². The molecule has 0 saturated carbocycles. The number of nitrogens with zero attached hydrogens (tertiary/aromatic N) is 2. The molecule has 1 heterocycles. The normalized spacial score (nSPS) is 10.7. The third kappa shape index (κ3) is 1.46. The zero-order chi connectivity index (χ0) is 10.1. The molecule has 0 bridgehead atoms. The second-order valence-electron chi connectivity index (χ2n) is 3.10. The summed E-state index contributed by atoms with van der Waals surface area (Å²) in [5.41, 5.74) is 1.94. The fraction of sp³-hybridized carbons (Fsp3) is 0.200. The van der Waals surface area contributed by atoms with Gasteiger partial charge in [0.1, 0.15) is 6.29 Å². The fourth-order valence-electron chi connectivity index (χ4n) is 1.52. The topological polar surface area (TPSA) is 34.9 Å². The van der Waals surface area contributed by atoms with Gasteiger partial charge >= 0.3 is 0 Å². The minimum absolute atomic E-state index is 0.306. The molecule has 2 rings (SSSR count). The highest BCUT2D eigenvalue weighted by atomic mass is 79.9. The van der Waals surface area contributed by atoms with Gasteiger partial charge in [-0.15, -0.1) is 0 Å². The van der Waals surface area contributed by atoms with Gasteiger partial charge in [-0.2, -0.15) is 5.10 Å². The quantitative estimate of drug-likeness (QED) is 0.770. The molecule has 0 radical (unpaired) electrons. The predicted molar refractivity (Wildman–Crippen MR) is 58.2 cm³/mol. The van der Waals surface area contributed by atoms with E-state index in [1.165, 1.54) is 0 Å². The molecule has 0 atom stereocenters. The summed E-state index contributed by atoms with van der Waals surface area (Å²) in [5, 5.41) is 5.38. The molecule has 1 aromatic carbocycles. The second-order valence-corrected chi connectivity index (χ2v) is 4.01. The largest absolute Gasteiger partial charge is 0.301 e. The van der Waals surface area contributed by atoms with Crippen molar-refractivity contribution < 1.29 is 4.79 Å². The lowest BCUT2D eigenvalue weighted by Gasteiger charge is -1.97. The van der Waals surface area contributed by atoms with Crippen molar-refractivity contribution in [3.8, 4) is 0 Å². The van der Waals surface area contributed by atoms with E-state index in [1.807, 2.05) is 25.1 Å². The fourth-order valence-corrected chi connectivity index (χ4v) is 1.87. The molecule has 0 aliphatic heterocycles. The zero-order valence-corrected chi connectivity index (χ0v) is 9.28. The van der Waals surface area contributed by atoms with Gasteiger partial charge in [0.05, 0.1) is 17.8 Å². The third-order valence-corrected chi connectivity index (χ3v) is 2.64. The van der Waals surface area contributed by atoms with Crippen molar-refractivity contribution in [3.05, 3.63) is 28.4 Å². The molecule has 4 heteroatoms. The van der Waals surface area contributed by atoms with Gasteiger partial charge in [-0.1, -0.05) is 15.9 Å². The van der Waals surface area contributed by atoms with E-state index in [0.717, 1.165) is 27.4 Å². The summed E-state index contributed by atoms with van der Waals surface area (Å²) in [6.45, 7) is 2.25. The second kappa shape index (κ2) is 3.53. The van der Waals surface area contributed by atoms with Crippen LogP contribution in [0.15, 0.2) is 22.7 Å². The highest BCUT2D eigenvalue weighted by Crippen LogP contribution is 2.22. The van der Waals surface area contributed by atoms with E-state index in [1.54, 1.807) is 4.68 Å². The lowest BCUT2D eigenvalue weighted by atomic mass is 10.2. The summed E-state index contributed by atoms with van der Waals surface area (Å²) in [7, 11) is 0. The van der Waals surface area contributed by atoms with Gasteiger partial charge in [-0.05, 0) is 25.1 Å². The molecule has 14 heavy (non-hydrogen) atoms. The number of aryl methyl sites for hydroxylation is 1. The van der Waals surface area contributed by atoms with Crippen molar-refractivity contribution in [1.82, 2.24) is 9.78 Å². The molecule has 3 nitrogen and oxygen atoms in total. The van der Waals surface area contributed by atoms with Gasteiger partial charge in [0, 0.05) is 9.86 Å². The Morgan fingerprint density at radius 1 is 1.57 bits per heavy atom. The Morgan fingerprint density at radius 3 is 3.07 bits per heavy atom. The number of carbonyl (C=O) groups excluding carboxylic acids is 1. The summed E-state index contributed by atoms with van der Waals surface area (Å²) < 4.78 is 2.71. The van der Waals surface area contributed by atoms with Gasteiger partial charge in [-0.3, -0.25) is 4.68 Å². The van der Waals surface area contributed by atoms with Crippen LogP contribution in [0, 0.1) is 6.92 Å². The summed E-state index contributed by atoms with van der Waals surface area (Å²) >= 11 is 3.40. The average molecular weight is 253 g/mol. The van der Waals surface area contributed by atoms with Crippen molar-refractivity contribution in [2.24, 2.45) is 0 Å². The van der Waals surface area contributed by atoms with Crippen molar-refractivity contribution in [3.63, 3.8) is 0 Å². The molecule has 2 aromatic rings. The monoisotopic (exact) mass is 252 g/mol. The maximum atomic E-state index is 10.4. The molecule has 0 amide bonds. The number of aromatic nitrogens is 2. The van der Waals surface area contributed by atoms with Crippen LogP contribution in [0.3, 0.4) is 0 Å². The zero-order valence-electron chi connectivity index (χ0n) is 7.70. The molecule has 0 fully saturated rings. The Morgan fingerprint density at radius 2 is 2.36 bits per heavy atom. The first-order valence-corrected chi connectivity index (χ1v) is 5.08. The van der Waals surface area contributed by atoms with Crippen LogP contribution in [0.25, 0.3) is 10.9 Å². The van der Waals surface area contributed by atoms with Crippen LogP contribution in [0.5, 0.6) is 0 Å². The lowest BCUT2D eigenvalue weighted by molar-refractivity contribution is -0.108. The van der Waals surface area contributed by atoms with Gasteiger partial charge in [0.15, 0.2) is 0 Å². The van der Waals surface area contributed by atoms with E-state index < -0.39 is 0 Å². The minimum atomic E-state index is 0.306. The molecule has 0 unspecified atom stereocenters. The summed E-state index contributed by atoms with van der Waals surface area (Å²) in [5.74, 6) is 0. The summed E-state index contributed by atoms with van der Waals surface area (Å²) in [4.78, 5) is 10.4. The highest BCUT2D eigenvalue weighted by Gasteiger charge is 2.06. The first-order valence-electron chi connectivity index (χ1n) is 4.28. The van der Waals surface area contributed by atoms with Crippen LogP contribution in [-0.4, -0.2) is 16.1 Å². The lowest BCUT2D eigenvalue weighted by Crippen LogP contribution is -2.00. The SMILES string of the molecule is Cc1nn(CC=O)c2cc(Br)ccc12. The number of hydrogen-bond donors (Lipinski definition) is 0. The van der Waals surface area contributed by atoms with Crippen LogP contribution >= 0.6 is 15.9 Å². The number of fused-ring (bicyclic) bond motifs is 1. The van der Waals surface area contributed by atoms with Crippen LogP contribution < -0.4 is 0 Å². The average Bonchev–Trinajstić information content (AvgIpc) is 2.44. The van der Waals surface area contributed by atoms with Crippen LogP contribution in [-0.2, 0) is 11.3 Å². The van der Waals surface area contributed by atoms with Crippen molar-refractivity contribution in [2.75, 3.05) is 0 Å². The van der Waals surface area contributed by atoms with E-state index in [-0.39, 0.29) is 0 Å². The molecular formula is C10H9BrN2O. The molecule has 0 spiro atoms. The van der Waals surface area contributed by atoms with Gasteiger partial charge in [-0.25, -0.2) is 0 Å². The molecule has 72 valence electrons. The number of carbonyl (C=O) groups is 1. The first-order chi connectivity index (χ1) is 6.72. The number of hydrogen-bond acceptors (Lipinski definition) is 2. The van der Waals surface area contributed by atoms with Crippen molar-refractivity contribution in [2.45, 2.75) is 13.5 Å². The standard InChI is InChI=1S/C10H9BrN2O/c1-7-9-3-2-8(11)6-10(9)13(12-7)4-5-14/h2-3,5-6H,4H2,1H3. The Bertz CT molecular complexity index is 490. The molecule has 0 aliphatic carbocycles. The Balaban J connectivity index is 2.72. The minimum Gasteiger partial charge on any atom is -0.301 e. The van der Waals surface area contributed by atoms with E-state index in [9.17, 15) is 4.79 Å². The van der Waals surface area contributed by atoms with Crippen molar-refractivity contribution in [1.29, 1.82) is 0 Å². The molecule has 0 N–H and O–H groups in total. The molecular weight excluding hydrogens is 244 g/mol. The number of aldehydes is 1. The first kappa shape index (κ1) is 9.40. The van der Waals surface area contributed by atoms with Gasteiger partial charge in [0.25, 0.3) is 0 Å². The van der Waals surface area contributed by atoms with Crippen LogP contribution in [0.1, 0.15) is 5.69 Å². The summed E-state index contributed by atoms with van der Waals surface area (Å²) in [6.07, 6.45) is 0.854. The molecule has 0 aliphatic rings. The van der Waals surface area contributed by atoms with Gasteiger partial charge < -0.3 is 4.79 Å². The molecule has 1 aromatic heterocycles. The summed E-state index contributed by atoms with van der Waals surface area (Å²) in [6, 6.07) is 5.95. The van der Waals surface area contributed by atoms with Crippen LogP contribution in [0.2, 0.25) is 0 Å². The maximum absolute atomic E-state index is 10.4. The Labute approximate surface area is 89.8 Å². The van der Waals surface area contributed by atoms with Gasteiger partial charge in [0.2, 0.25) is 0 Å². The van der Waals surface area contributed by atoms with E-state index >= 15 is 0 Å². The Hall–Kier alpha value is -1.16. The number of rotatable bonds is 2. The predicted octanol–water partition coefficient (Wildman–Crippen LogP) is 2.31. The Kier molecular flexibility index (Phi) is 2.37. The maximum Gasteiger partial charge on any atom is 0.141 e. The smallest absolute Gasteiger partial charge is 0.141 e. The third-order valence-electron chi connectivity index (χ3n) is 2.15. The number of halogens is 1. The van der Waals surface area contributed by atoms with Crippen LogP contribution in [0.4, 0.5) is 0 Å². The van der Waals surface area contributed by atoms with E-state index in [2.05, 4.69) is 21.0 Å². The highest BCUT2D eigenvalue weighted by molar-refractivity contribution is 9.10.